The Morgan fingerprint density at radius 2 is 2.30 bits per heavy atom. The Hall–Kier alpha value is -1.21. The zero-order valence-electron chi connectivity index (χ0n) is 10.9. The number of carbonyl (C=O) groups excluding carboxylic acids is 1. The number of nitrogens with two attached hydrogens (primary N) is 1. The summed E-state index contributed by atoms with van der Waals surface area (Å²) in [7, 11) is 0. The molecule has 1 aromatic heterocycles. The van der Waals surface area contributed by atoms with Crippen molar-refractivity contribution in [3.63, 3.8) is 0 Å². The lowest BCUT2D eigenvalue weighted by atomic mass is 10.3. The summed E-state index contributed by atoms with van der Waals surface area (Å²) in [5.41, 5.74) is 6.74. The minimum absolute atomic E-state index is 0. The number of rotatable bonds is 3. The van der Waals surface area contributed by atoms with Crippen molar-refractivity contribution in [3.8, 4) is 0 Å². The highest BCUT2D eigenvalue weighted by Gasteiger charge is 2.21. The first-order valence-corrected chi connectivity index (χ1v) is 7.16. The van der Waals surface area contributed by atoms with Crippen LogP contribution < -0.4 is 11.1 Å². The molecule has 1 atom stereocenters. The molecule has 7 heteroatoms. The molecule has 108 valence electrons. The van der Waals surface area contributed by atoms with Crippen molar-refractivity contribution in [2.45, 2.75) is 12.5 Å². The number of thiazole rings is 1. The number of hydrogen-bond acceptors (Lipinski definition) is 5. The monoisotopic (exact) mass is 312 g/mol. The lowest BCUT2D eigenvalue weighted by Gasteiger charge is -2.13. The smallest absolute Gasteiger partial charge is 0.240 e. The van der Waals surface area contributed by atoms with Gasteiger partial charge in [0, 0.05) is 19.1 Å². The first-order chi connectivity index (χ1) is 9.20. The number of para-hydroxylation sites is 1. The summed E-state index contributed by atoms with van der Waals surface area (Å²) < 4.78 is 1.08. The number of hydrogen-bond donors (Lipinski definition) is 2. The topological polar surface area (TPSA) is 71.2 Å². The Labute approximate surface area is 127 Å². The summed E-state index contributed by atoms with van der Waals surface area (Å²) in [6.45, 7) is 2.09. The van der Waals surface area contributed by atoms with E-state index in [1.807, 2.05) is 24.3 Å². The average Bonchev–Trinajstić information content (AvgIpc) is 2.94. The number of fused-ring (bicyclic) bond motifs is 1. The number of halogens is 1. The van der Waals surface area contributed by atoms with Gasteiger partial charge in [-0.2, -0.15) is 0 Å². The minimum atomic E-state index is -0.0202. The predicted molar refractivity (Wildman–Crippen MR) is 84.5 cm³/mol. The number of nitrogens with zero attached hydrogens (tertiary/aromatic N) is 2. The van der Waals surface area contributed by atoms with Gasteiger partial charge < -0.3 is 11.1 Å². The van der Waals surface area contributed by atoms with Crippen molar-refractivity contribution in [1.29, 1.82) is 0 Å². The van der Waals surface area contributed by atoms with E-state index >= 15 is 0 Å². The van der Waals surface area contributed by atoms with Crippen LogP contribution in [0.25, 0.3) is 10.2 Å². The zero-order chi connectivity index (χ0) is 13.2. The maximum absolute atomic E-state index is 11.9. The number of aromatic nitrogens is 1. The number of benzene rings is 1. The van der Waals surface area contributed by atoms with E-state index in [2.05, 4.69) is 15.2 Å². The zero-order valence-corrected chi connectivity index (χ0v) is 12.5. The highest BCUT2D eigenvalue weighted by Crippen LogP contribution is 2.25. The fraction of sp³-hybridized carbons (Fsp3) is 0.385. The van der Waals surface area contributed by atoms with Crippen LogP contribution in [0.5, 0.6) is 0 Å². The molecule has 2 aromatic rings. The number of likely N-dealkylation sites (tertiary alicyclic amines) is 1. The standard InChI is InChI=1S/C13H16N4OS.ClH/c14-9-5-6-17(7-9)8-12(18)16-13-15-10-3-1-2-4-11(10)19-13;/h1-4,9H,5-8,14H2,(H,15,16,18);1H/t9-;/m0./s1. The fourth-order valence-corrected chi connectivity index (χ4v) is 3.18. The molecule has 3 N–H and O–H groups in total. The SMILES string of the molecule is Cl.N[C@H]1CCN(CC(=O)Nc2nc3ccccc3s2)C1. The molecule has 2 heterocycles. The number of anilines is 1. The van der Waals surface area contributed by atoms with Crippen LogP contribution in [0, 0.1) is 0 Å². The molecule has 0 bridgehead atoms. The van der Waals surface area contributed by atoms with Crippen LogP contribution in [-0.2, 0) is 4.79 Å². The molecule has 0 radical (unpaired) electrons. The van der Waals surface area contributed by atoms with Gasteiger partial charge in [-0.3, -0.25) is 9.69 Å². The van der Waals surface area contributed by atoms with Gasteiger partial charge in [0.05, 0.1) is 16.8 Å². The molecular formula is C13H17ClN4OS. The molecule has 1 amide bonds. The Morgan fingerprint density at radius 3 is 3.00 bits per heavy atom. The second-order valence-electron chi connectivity index (χ2n) is 4.82. The highest BCUT2D eigenvalue weighted by molar-refractivity contribution is 7.22. The quantitative estimate of drug-likeness (QED) is 0.905. The van der Waals surface area contributed by atoms with Gasteiger partial charge in [-0.25, -0.2) is 4.98 Å². The molecule has 1 aromatic carbocycles. The van der Waals surface area contributed by atoms with Crippen molar-refractivity contribution >= 4 is 45.0 Å². The lowest BCUT2D eigenvalue weighted by Crippen LogP contribution is -2.33. The molecule has 1 saturated heterocycles. The molecule has 0 unspecified atom stereocenters. The minimum Gasteiger partial charge on any atom is -0.326 e. The van der Waals surface area contributed by atoms with E-state index in [9.17, 15) is 4.79 Å². The molecule has 0 spiro atoms. The molecule has 0 saturated carbocycles. The summed E-state index contributed by atoms with van der Waals surface area (Å²) in [5.74, 6) is -0.0202. The summed E-state index contributed by atoms with van der Waals surface area (Å²) in [6, 6.07) is 8.07. The van der Waals surface area contributed by atoms with Crippen LogP contribution in [0.15, 0.2) is 24.3 Å². The molecule has 20 heavy (non-hydrogen) atoms. The van der Waals surface area contributed by atoms with Gasteiger partial charge in [-0.1, -0.05) is 23.5 Å². The van der Waals surface area contributed by atoms with Crippen molar-refractivity contribution in [3.05, 3.63) is 24.3 Å². The number of amides is 1. The highest BCUT2D eigenvalue weighted by atomic mass is 35.5. The molecule has 0 aliphatic carbocycles. The van der Waals surface area contributed by atoms with Gasteiger partial charge in [0.15, 0.2) is 5.13 Å². The average molecular weight is 313 g/mol. The van der Waals surface area contributed by atoms with Gasteiger partial charge >= 0.3 is 0 Å². The molecule has 1 aliphatic rings. The van der Waals surface area contributed by atoms with Crippen LogP contribution in [0.3, 0.4) is 0 Å². The van der Waals surface area contributed by atoms with Gasteiger partial charge in [0.2, 0.25) is 5.91 Å². The predicted octanol–water partition coefficient (Wildman–Crippen LogP) is 1.69. The Balaban J connectivity index is 0.00000147. The van der Waals surface area contributed by atoms with Crippen LogP contribution >= 0.6 is 23.7 Å². The molecule has 1 fully saturated rings. The van der Waals surface area contributed by atoms with Crippen LogP contribution in [0.4, 0.5) is 5.13 Å². The largest absolute Gasteiger partial charge is 0.326 e. The van der Waals surface area contributed by atoms with Crippen LogP contribution in [0.2, 0.25) is 0 Å². The van der Waals surface area contributed by atoms with E-state index in [0.717, 1.165) is 29.7 Å². The summed E-state index contributed by atoms with van der Waals surface area (Å²) >= 11 is 1.50. The van der Waals surface area contributed by atoms with Crippen LogP contribution in [-0.4, -0.2) is 41.5 Å². The number of nitrogens with one attached hydrogen (secondary N) is 1. The number of carbonyl (C=O) groups is 1. The maximum Gasteiger partial charge on any atom is 0.240 e. The summed E-state index contributed by atoms with van der Waals surface area (Å²) in [4.78, 5) is 18.4. The first kappa shape index (κ1) is 15.2. The van der Waals surface area contributed by atoms with Crippen molar-refractivity contribution in [1.82, 2.24) is 9.88 Å². The Kier molecular flexibility index (Phi) is 4.93. The third-order valence-electron chi connectivity index (χ3n) is 3.22. The van der Waals surface area contributed by atoms with E-state index < -0.39 is 0 Å². The van der Waals surface area contributed by atoms with Crippen LogP contribution in [0.1, 0.15) is 6.42 Å². The normalized spacial score (nSPS) is 18.9. The third-order valence-corrected chi connectivity index (χ3v) is 4.17. The van der Waals surface area contributed by atoms with Crippen molar-refractivity contribution in [2.24, 2.45) is 5.73 Å². The second kappa shape index (κ2) is 6.49. The Morgan fingerprint density at radius 1 is 1.50 bits per heavy atom. The van der Waals surface area contributed by atoms with E-state index in [1.54, 1.807) is 0 Å². The first-order valence-electron chi connectivity index (χ1n) is 6.34. The van der Waals surface area contributed by atoms with Gasteiger partial charge in [0.25, 0.3) is 0 Å². The van der Waals surface area contributed by atoms with E-state index in [4.69, 9.17) is 5.73 Å². The van der Waals surface area contributed by atoms with E-state index in [-0.39, 0.29) is 24.4 Å². The maximum atomic E-state index is 11.9. The molecular weight excluding hydrogens is 296 g/mol. The lowest BCUT2D eigenvalue weighted by molar-refractivity contribution is -0.117. The van der Waals surface area contributed by atoms with Crippen molar-refractivity contribution in [2.75, 3.05) is 25.0 Å². The second-order valence-corrected chi connectivity index (χ2v) is 5.85. The summed E-state index contributed by atoms with van der Waals surface area (Å²) in [5, 5.41) is 3.52. The van der Waals surface area contributed by atoms with Gasteiger partial charge in [0.1, 0.15) is 0 Å². The van der Waals surface area contributed by atoms with E-state index in [0.29, 0.717) is 11.7 Å². The van der Waals surface area contributed by atoms with Gasteiger partial charge in [-0.05, 0) is 18.6 Å². The molecule has 5 nitrogen and oxygen atoms in total. The fourth-order valence-electron chi connectivity index (χ4n) is 2.29. The third kappa shape index (κ3) is 3.46. The molecule has 3 rings (SSSR count). The van der Waals surface area contributed by atoms with Crippen molar-refractivity contribution < 1.29 is 4.79 Å². The van der Waals surface area contributed by atoms with Gasteiger partial charge in [-0.15, -0.1) is 12.4 Å². The molecule has 1 aliphatic heterocycles. The summed E-state index contributed by atoms with van der Waals surface area (Å²) in [6.07, 6.45) is 0.967. The Bertz CT molecular complexity index is 570. The van der Waals surface area contributed by atoms with E-state index in [1.165, 1.54) is 11.3 Å².